The van der Waals surface area contributed by atoms with E-state index in [1.165, 1.54) is 25.7 Å². The molecule has 5 rings (SSSR count). The molecule has 3 unspecified atom stereocenters. The second-order valence-corrected chi connectivity index (χ2v) is 13.5. The number of aliphatic hydroxyl groups is 2. The highest BCUT2D eigenvalue weighted by atomic mass is 16.4. The topological polar surface area (TPSA) is 98.1 Å². The first-order valence-corrected chi connectivity index (χ1v) is 14.4. The summed E-state index contributed by atoms with van der Waals surface area (Å²) < 4.78 is 0. The van der Waals surface area contributed by atoms with E-state index in [9.17, 15) is 24.9 Å². The number of nitrogens with zero attached hydrogens (tertiary/aromatic N) is 1. The third-order valence-electron chi connectivity index (χ3n) is 12.1. The minimum absolute atomic E-state index is 0.0130. The van der Waals surface area contributed by atoms with Crippen molar-refractivity contribution in [3.05, 3.63) is 0 Å². The van der Waals surface area contributed by atoms with Gasteiger partial charge in [0.25, 0.3) is 0 Å². The maximum Gasteiger partial charge on any atom is 0.326 e. The monoisotopic (exact) mass is 489 g/mol. The Hall–Kier alpha value is -1.14. The molecule has 35 heavy (non-hydrogen) atoms. The largest absolute Gasteiger partial charge is 0.480 e. The van der Waals surface area contributed by atoms with Crippen LogP contribution in [-0.2, 0) is 9.59 Å². The van der Waals surface area contributed by atoms with Crippen molar-refractivity contribution in [2.45, 2.75) is 116 Å². The van der Waals surface area contributed by atoms with Gasteiger partial charge in [-0.1, -0.05) is 20.8 Å². The molecule has 11 atom stereocenters. The quantitative estimate of drug-likeness (QED) is 0.529. The summed E-state index contributed by atoms with van der Waals surface area (Å²) >= 11 is 0. The van der Waals surface area contributed by atoms with Crippen LogP contribution < -0.4 is 0 Å². The van der Waals surface area contributed by atoms with Crippen molar-refractivity contribution in [2.75, 3.05) is 6.54 Å². The van der Waals surface area contributed by atoms with Gasteiger partial charge >= 0.3 is 5.97 Å². The first kappa shape index (κ1) is 25.5. The molecular weight excluding hydrogens is 442 g/mol. The number of hydrogen-bond donors (Lipinski definition) is 3. The summed E-state index contributed by atoms with van der Waals surface area (Å²) in [6.45, 7) is 7.80. The van der Waals surface area contributed by atoms with E-state index in [1.807, 2.05) is 0 Å². The first-order chi connectivity index (χ1) is 16.6. The molecular formula is C29H47NO5. The molecule has 0 spiro atoms. The number of aliphatic hydroxyl groups excluding tert-OH is 2. The van der Waals surface area contributed by atoms with Crippen LogP contribution in [0.5, 0.6) is 0 Å². The van der Waals surface area contributed by atoms with Gasteiger partial charge in [0.05, 0.1) is 12.2 Å². The fourth-order valence-corrected chi connectivity index (χ4v) is 10.3. The molecule has 5 fully saturated rings. The summed E-state index contributed by atoms with van der Waals surface area (Å²) in [5.41, 5.74) is 0.410. The van der Waals surface area contributed by atoms with E-state index in [0.29, 0.717) is 49.0 Å². The molecule has 1 amide bonds. The summed E-state index contributed by atoms with van der Waals surface area (Å²) in [5.74, 6) is 2.27. The number of carboxylic acid groups (broad SMARTS) is 1. The highest BCUT2D eigenvalue weighted by molar-refractivity contribution is 5.84. The Kier molecular flexibility index (Phi) is 6.78. The Bertz CT molecular complexity index is 832. The van der Waals surface area contributed by atoms with Gasteiger partial charge in [0, 0.05) is 13.0 Å². The summed E-state index contributed by atoms with van der Waals surface area (Å²) in [6, 6.07) is -0.634. The van der Waals surface area contributed by atoms with E-state index < -0.39 is 12.0 Å². The van der Waals surface area contributed by atoms with Crippen LogP contribution in [0.3, 0.4) is 0 Å². The summed E-state index contributed by atoms with van der Waals surface area (Å²) in [6.07, 6.45) is 10.6. The van der Waals surface area contributed by atoms with Crippen LogP contribution in [0.2, 0.25) is 0 Å². The number of carbonyl (C=O) groups excluding carboxylic acids is 1. The zero-order valence-electron chi connectivity index (χ0n) is 22.0. The van der Waals surface area contributed by atoms with Gasteiger partial charge in [-0.05, 0) is 117 Å². The van der Waals surface area contributed by atoms with Crippen molar-refractivity contribution in [2.24, 2.45) is 46.3 Å². The molecule has 6 heteroatoms. The molecule has 5 aliphatic rings. The smallest absolute Gasteiger partial charge is 0.326 e. The first-order valence-electron chi connectivity index (χ1n) is 14.4. The van der Waals surface area contributed by atoms with E-state index in [4.69, 9.17) is 0 Å². The Morgan fingerprint density at radius 3 is 2.40 bits per heavy atom. The highest BCUT2D eigenvalue weighted by Gasteiger charge is 2.62. The zero-order chi connectivity index (χ0) is 25.1. The third-order valence-corrected chi connectivity index (χ3v) is 12.1. The zero-order valence-corrected chi connectivity index (χ0v) is 22.0. The van der Waals surface area contributed by atoms with E-state index in [0.717, 1.165) is 38.5 Å². The molecule has 198 valence electrons. The average Bonchev–Trinajstić information content (AvgIpc) is 3.43. The predicted octanol–water partition coefficient (Wildman–Crippen LogP) is 4.47. The second kappa shape index (κ2) is 9.31. The number of fused-ring (bicyclic) bond motifs is 5. The van der Waals surface area contributed by atoms with E-state index in [-0.39, 0.29) is 34.9 Å². The molecule has 1 saturated heterocycles. The highest BCUT2D eigenvalue weighted by Crippen LogP contribution is 2.68. The van der Waals surface area contributed by atoms with Crippen molar-refractivity contribution < 1.29 is 24.9 Å². The Labute approximate surface area is 210 Å². The fraction of sp³-hybridized carbons (Fsp3) is 0.931. The minimum atomic E-state index is -0.870. The average molecular weight is 490 g/mol. The van der Waals surface area contributed by atoms with E-state index in [1.54, 1.807) is 4.90 Å². The van der Waals surface area contributed by atoms with Crippen LogP contribution in [0.4, 0.5) is 0 Å². The lowest BCUT2D eigenvalue weighted by molar-refractivity contribution is -0.172. The number of likely N-dealkylation sites (tertiary alicyclic amines) is 1. The summed E-state index contributed by atoms with van der Waals surface area (Å²) in [5, 5.41) is 31.0. The van der Waals surface area contributed by atoms with Crippen LogP contribution in [0, 0.1) is 46.3 Å². The number of hydrogen-bond acceptors (Lipinski definition) is 4. The Morgan fingerprint density at radius 2 is 1.66 bits per heavy atom. The lowest BCUT2D eigenvalue weighted by atomic mass is 9.44. The van der Waals surface area contributed by atoms with Crippen LogP contribution in [-0.4, -0.2) is 56.9 Å². The van der Waals surface area contributed by atoms with Crippen molar-refractivity contribution in [1.82, 2.24) is 4.90 Å². The fourth-order valence-electron chi connectivity index (χ4n) is 10.3. The number of carboxylic acids is 1. The van der Waals surface area contributed by atoms with Crippen LogP contribution in [0.15, 0.2) is 0 Å². The van der Waals surface area contributed by atoms with Crippen LogP contribution in [0.25, 0.3) is 0 Å². The maximum absolute atomic E-state index is 12.9. The summed E-state index contributed by atoms with van der Waals surface area (Å²) in [7, 11) is 0. The number of rotatable bonds is 5. The number of carbonyl (C=O) groups is 2. The van der Waals surface area contributed by atoms with Crippen molar-refractivity contribution in [1.29, 1.82) is 0 Å². The lowest BCUT2D eigenvalue weighted by Crippen LogP contribution is -2.58. The van der Waals surface area contributed by atoms with E-state index >= 15 is 0 Å². The molecule has 1 heterocycles. The maximum atomic E-state index is 12.9. The second-order valence-electron chi connectivity index (χ2n) is 13.5. The van der Waals surface area contributed by atoms with Crippen molar-refractivity contribution >= 4 is 11.9 Å². The van der Waals surface area contributed by atoms with Gasteiger partial charge in [-0.25, -0.2) is 4.79 Å². The van der Waals surface area contributed by atoms with Crippen LogP contribution >= 0.6 is 0 Å². The summed E-state index contributed by atoms with van der Waals surface area (Å²) in [4.78, 5) is 26.0. The Morgan fingerprint density at radius 1 is 0.943 bits per heavy atom. The molecule has 0 radical (unpaired) electrons. The Balaban J connectivity index is 1.25. The number of amides is 1. The molecule has 0 bridgehead atoms. The molecule has 4 saturated carbocycles. The van der Waals surface area contributed by atoms with Gasteiger partial charge < -0.3 is 20.2 Å². The molecule has 0 aromatic heterocycles. The third kappa shape index (κ3) is 4.15. The minimum Gasteiger partial charge on any atom is -0.480 e. The molecule has 4 aliphatic carbocycles. The molecule has 6 nitrogen and oxygen atoms in total. The van der Waals surface area contributed by atoms with Crippen molar-refractivity contribution in [3.8, 4) is 0 Å². The molecule has 0 aromatic carbocycles. The van der Waals surface area contributed by atoms with Gasteiger partial charge in [0.2, 0.25) is 5.91 Å². The lowest BCUT2D eigenvalue weighted by Gasteiger charge is -2.62. The molecule has 3 N–H and O–H groups in total. The standard InChI is InChI=1S/C29H47NO5/c1-17(6-9-26(33)30-14-4-5-24(30)27(34)35)20-7-8-21-19-16-25(32)23-15-18(31)10-12-29(23,3)22(19)11-13-28(20,21)2/h17-25,31-32H,4-16H2,1-3H3,(H,34,35)/t17-,18-,19?,20-,21?,22?,23+,24+,25+,28-,29-/m1/s1. The normalized spacial score (nSPS) is 48.1. The molecule has 0 aromatic rings. The van der Waals surface area contributed by atoms with E-state index in [2.05, 4.69) is 20.8 Å². The van der Waals surface area contributed by atoms with Gasteiger partial charge in [-0.2, -0.15) is 0 Å². The van der Waals surface area contributed by atoms with Gasteiger partial charge in [-0.15, -0.1) is 0 Å². The number of aliphatic carboxylic acids is 1. The predicted molar refractivity (Wildman–Crippen MR) is 133 cm³/mol. The SMILES string of the molecule is C[C@H](CCC(=O)N1CCC[C@H]1C(=O)O)[C@H]1CCC2C3C[C@H](O)[C@@H]4C[C@H](O)CC[C@]4(C)C3CC[C@@]21C. The van der Waals surface area contributed by atoms with Gasteiger partial charge in [-0.3, -0.25) is 4.79 Å². The van der Waals surface area contributed by atoms with Crippen LogP contribution in [0.1, 0.15) is 97.8 Å². The van der Waals surface area contributed by atoms with Gasteiger partial charge in [0.15, 0.2) is 0 Å². The van der Waals surface area contributed by atoms with Gasteiger partial charge in [0.1, 0.15) is 6.04 Å². The molecule has 1 aliphatic heterocycles. The van der Waals surface area contributed by atoms with Crippen molar-refractivity contribution in [3.63, 3.8) is 0 Å².